The van der Waals surface area contributed by atoms with E-state index in [0.717, 1.165) is 29.7 Å². The zero-order valence-electron chi connectivity index (χ0n) is 10.2. The standard InChI is InChI=1S/C14H19NO/c1-11(2)10-14(16)13-7-5-4-6-12(13)8-9-15-3/h4-7,10,15H,8-9H2,1-3H3. The highest BCUT2D eigenvalue weighted by Crippen LogP contribution is 2.11. The van der Waals surface area contributed by atoms with Crippen LogP contribution in [0.15, 0.2) is 35.9 Å². The lowest BCUT2D eigenvalue weighted by atomic mass is 10.00. The topological polar surface area (TPSA) is 29.1 Å². The Kier molecular flexibility index (Phi) is 4.93. The molecule has 0 aromatic heterocycles. The number of carbonyl (C=O) groups is 1. The predicted molar refractivity (Wildman–Crippen MR) is 67.8 cm³/mol. The fourth-order valence-corrected chi connectivity index (χ4v) is 1.58. The molecule has 0 aliphatic heterocycles. The van der Waals surface area contributed by atoms with Crippen molar-refractivity contribution in [3.05, 3.63) is 47.0 Å². The number of rotatable bonds is 5. The van der Waals surface area contributed by atoms with E-state index in [9.17, 15) is 4.79 Å². The number of allylic oxidation sites excluding steroid dienone is 2. The molecule has 0 amide bonds. The van der Waals surface area contributed by atoms with Gasteiger partial charge in [0.1, 0.15) is 0 Å². The Bertz CT molecular complexity index is 389. The maximum absolute atomic E-state index is 11.9. The van der Waals surface area contributed by atoms with Crippen LogP contribution in [0, 0.1) is 0 Å². The van der Waals surface area contributed by atoms with Gasteiger partial charge < -0.3 is 5.32 Å². The average Bonchev–Trinajstić information content (AvgIpc) is 2.25. The number of likely N-dealkylation sites (N-methyl/N-ethyl adjacent to an activating group) is 1. The van der Waals surface area contributed by atoms with Crippen molar-refractivity contribution in [2.45, 2.75) is 20.3 Å². The molecule has 0 heterocycles. The van der Waals surface area contributed by atoms with Gasteiger partial charge in [0.2, 0.25) is 0 Å². The van der Waals surface area contributed by atoms with Crippen LogP contribution in [0.4, 0.5) is 0 Å². The molecule has 86 valence electrons. The number of hydrogen-bond donors (Lipinski definition) is 1. The summed E-state index contributed by atoms with van der Waals surface area (Å²) in [7, 11) is 1.92. The lowest BCUT2D eigenvalue weighted by Gasteiger charge is -2.06. The van der Waals surface area contributed by atoms with Gasteiger partial charge in [-0.1, -0.05) is 29.8 Å². The van der Waals surface area contributed by atoms with Gasteiger partial charge in [0.15, 0.2) is 5.78 Å². The summed E-state index contributed by atoms with van der Waals surface area (Å²) in [6.45, 7) is 4.77. The smallest absolute Gasteiger partial charge is 0.186 e. The lowest BCUT2D eigenvalue weighted by Crippen LogP contribution is -2.12. The molecule has 0 saturated heterocycles. The van der Waals surface area contributed by atoms with Crippen LogP contribution in [0.5, 0.6) is 0 Å². The molecule has 2 nitrogen and oxygen atoms in total. The third kappa shape index (κ3) is 3.63. The van der Waals surface area contributed by atoms with Crippen LogP contribution in [-0.2, 0) is 6.42 Å². The van der Waals surface area contributed by atoms with Gasteiger partial charge in [0.05, 0.1) is 0 Å². The Morgan fingerprint density at radius 2 is 2.00 bits per heavy atom. The van der Waals surface area contributed by atoms with Crippen LogP contribution in [0.1, 0.15) is 29.8 Å². The van der Waals surface area contributed by atoms with Crippen molar-refractivity contribution in [3.63, 3.8) is 0 Å². The van der Waals surface area contributed by atoms with Crippen LogP contribution >= 0.6 is 0 Å². The minimum atomic E-state index is 0.103. The van der Waals surface area contributed by atoms with E-state index in [1.165, 1.54) is 0 Å². The maximum atomic E-state index is 11.9. The molecule has 0 unspecified atom stereocenters. The number of carbonyl (C=O) groups excluding carboxylic acids is 1. The summed E-state index contributed by atoms with van der Waals surface area (Å²) in [5, 5.41) is 3.10. The van der Waals surface area contributed by atoms with Crippen molar-refractivity contribution >= 4 is 5.78 Å². The highest BCUT2D eigenvalue weighted by molar-refractivity contribution is 6.05. The van der Waals surface area contributed by atoms with E-state index < -0.39 is 0 Å². The number of nitrogens with one attached hydrogen (secondary N) is 1. The van der Waals surface area contributed by atoms with Crippen LogP contribution in [0.3, 0.4) is 0 Å². The van der Waals surface area contributed by atoms with E-state index in [4.69, 9.17) is 0 Å². The largest absolute Gasteiger partial charge is 0.319 e. The molecular weight excluding hydrogens is 198 g/mol. The van der Waals surface area contributed by atoms with E-state index >= 15 is 0 Å². The summed E-state index contributed by atoms with van der Waals surface area (Å²) < 4.78 is 0. The van der Waals surface area contributed by atoms with Gasteiger partial charge in [-0.2, -0.15) is 0 Å². The molecule has 0 atom stereocenters. The van der Waals surface area contributed by atoms with Crippen molar-refractivity contribution < 1.29 is 4.79 Å². The quantitative estimate of drug-likeness (QED) is 0.606. The number of hydrogen-bond acceptors (Lipinski definition) is 2. The first kappa shape index (κ1) is 12.7. The van der Waals surface area contributed by atoms with E-state index in [-0.39, 0.29) is 5.78 Å². The first-order chi connectivity index (χ1) is 7.65. The first-order valence-electron chi connectivity index (χ1n) is 5.57. The fourth-order valence-electron chi connectivity index (χ4n) is 1.58. The van der Waals surface area contributed by atoms with Crippen LogP contribution in [0.25, 0.3) is 0 Å². The molecule has 0 fully saturated rings. The second-order valence-electron chi connectivity index (χ2n) is 4.10. The Hall–Kier alpha value is -1.41. The van der Waals surface area contributed by atoms with E-state index in [1.807, 2.05) is 45.2 Å². The molecule has 0 saturated carbocycles. The molecule has 1 aromatic carbocycles. The Morgan fingerprint density at radius 1 is 1.31 bits per heavy atom. The second-order valence-corrected chi connectivity index (χ2v) is 4.10. The molecule has 1 aromatic rings. The molecule has 1 N–H and O–H groups in total. The van der Waals surface area contributed by atoms with Crippen LogP contribution < -0.4 is 5.32 Å². The third-order valence-corrected chi connectivity index (χ3v) is 2.35. The number of ketones is 1. The molecule has 1 rings (SSSR count). The van der Waals surface area contributed by atoms with Gasteiger partial charge in [-0.15, -0.1) is 0 Å². The second kappa shape index (κ2) is 6.23. The van der Waals surface area contributed by atoms with E-state index in [2.05, 4.69) is 5.32 Å². The first-order valence-corrected chi connectivity index (χ1v) is 5.57. The molecule has 2 heteroatoms. The van der Waals surface area contributed by atoms with E-state index in [1.54, 1.807) is 6.08 Å². The van der Waals surface area contributed by atoms with Crippen molar-refractivity contribution in [2.24, 2.45) is 0 Å². The summed E-state index contributed by atoms with van der Waals surface area (Å²) in [4.78, 5) is 11.9. The average molecular weight is 217 g/mol. The van der Waals surface area contributed by atoms with Crippen molar-refractivity contribution in [2.75, 3.05) is 13.6 Å². The fraction of sp³-hybridized carbons (Fsp3) is 0.357. The zero-order valence-corrected chi connectivity index (χ0v) is 10.2. The molecular formula is C14H19NO. The minimum Gasteiger partial charge on any atom is -0.319 e. The number of benzene rings is 1. The highest BCUT2D eigenvalue weighted by Gasteiger charge is 2.07. The van der Waals surface area contributed by atoms with Crippen molar-refractivity contribution in [1.29, 1.82) is 0 Å². The third-order valence-electron chi connectivity index (χ3n) is 2.35. The van der Waals surface area contributed by atoms with Crippen molar-refractivity contribution in [3.8, 4) is 0 Å². The zero-order chi connectivity index (χ0) is 12.0. The van der Waals surface area contributed by atoms with Gasteiger partial charge in [-0.3, -0.25) is 4.79 Å². The summed E-state index contributed by atoms with van der Waals surface area (Å²) in [5.74, 6) is 0.103. The van der Waals surface area contributed by atoms with Gasteiger partial charge in [-0.05, 0) is 45.5 Å². The Labute approximate surface area is 97.4 Å². The van der Waals surface area contributed by atoms with Gasteiger partial charge in [0.25, 0.3) is 0 Å². The van der Waals surface area contributed by atoms with Crippen molar-refractivity contribution in [1.82, 2.24) is 5.32 Å². The van der Waals surface area contributed by atoms with Crippen LogP contribution in [-0.4, -0.2) is 19.4 Å². The Morgan fingerprint density at radius 3 is 2.62 bits per heavy atom. The molecule has 0 aliphatic carbocycles. The Balaban J connectivity index is 2.94. The van der Waals surface area contributed by atoms with Gasteiger partial charge >= 0.3 is 0 Å². The molecule has 0 aliphatic rings. The molecule has 16 heavy (non-hydrogen) atoms. The maximum Gasteiger partial charge on any atom is 0.186 e. The molecule has 0 radical (unpaired) electrons. The molecule has 0 spiro atoms. The SMILES string of the molecule is CNCCc1ccccc1C(=O)C=C(C)C. The normalized spacial score (nSPS) is 9.94. The van der Waals surface area contributed by atoms with Crippen LogP contribution in [0.2, 0.25) is 0 Å². The monoisotopic (exact) mass is 217 g/mol. The predicted octanol–water partition coefficient (Wildman–Crippen LogP) is 2.60. The summed E-state index contributed by atoms with van der Waals surface area (Å²) in [6.07, 6.45) is 2.58. The lowest BCUT2D eigenvalue weighted by molar-refractivity contribution is 0.104. The molecule has 0 bridgehead atoms. The van der Waals surface area contributed by atoms with Gasteiger partial charge in [-0.25, -0.2) is 0 Å². The summed E-state index contributed by atoms with van der Waals surface area (Å²) >= 11 is 0. The summed E-state index contributed by atoms with van der Waals surface area (Å²) in [6, 6.07) is 7.80. The van der Waals surface area contributed by atoms with Gasteiger partial charge in [0, 0.05) is 5.56 Å². The van der Waals surface area contributed by atoms with E-state index in [0.29, 0.717) is 0 Å². The minimum absolute atomic E-state index is 0.103. The highest BCUT2D eigenvalue weighted by atomic mass is 16.1. The summed E-state index contributed by atoms with van der Waals surface area (Å²) in [5.41, 5.74) is 2.96.